The van der Waals surface area contributed by atoms with Crippen LogP contribution in [0.2, 0.25) is 5.02 Å². The molecule has 5 rings (SSSR count). The van der Waals surface area contributed by atoms with E-state index < -0.39 is 17.1 Å². The average Bonchev–Trinajstić information content (AvgIpc) is 3.07. The molecule has 3 amide bonds. The van der Waals surface area contributed by atoms with Crippen molar-refractivity contribution in [3.8, 4) is 0 Å². The van der Waals surface area contributed by atoms with Crippen molar-refractivity contribution in [2.45, 2.75) is 17.1 Å². The quantitative estimate of drug-likeness (QED) is 0.120. The van der Waals surface area contributed by atoms with Crippen molar-refractivity contribution in [1.82, 2.24) is 5.32 Å². The van der Waals surface area contributed by atoms with Crippen LogP contribution in [-0.4, -0.2) is 23.0 Å². The Morgan fingerprint density at radius 1 is 0.733 bits per heavy atom. The number of amides is 3. The molecule has 0 heterocycles. The molecule has 5 aromatic rings. The first kappa shape index (κ1) is 31.3. The van der Waals surface area contributed by atoms with E-state index in [-0.39, 0.29) is 11.6 Å². The highest BCUT2D eigenvalue weighted by Gasteiger charge is 2.24. The van der Waals surface area contributed by atoms with E-state index in [0.29, 0.717) is 21.8 Å². The van der Waals surface area contributed by atoms with Crippen molar-refractivity contribution < 1.29 is 14.4 Å². The number of nitrogens with one attached hydrogen (secondary N) is 2. The summed E-state index contributed by atoms with van der Waals surface area (Å²) in [5.41, 5.74) is 3.07. The maximum absolute atomic E-state index is 13.8. The third-order valence-corrected chi connectivity index (χ3v) is 8.16. The molecule has 5 aromatic carbocycles. The van der Waals surface area contributed by atoms with Gasteiger partial charge in [-0.05, 0) is 79.2 Å². The lowest BCUT2D eigenvalue weighted by molar-refractivity contribution is -0.117. The van der Waals surface area contributed by atoms with Gasteiger partial charge in [-0.2, -0.15) is 0 Å². The summed E-state index contributed by atoms with van der Waals surface area (Å²) >= 11 is 7.75. The standard InChI is InChI=1S/C37H30ClN3O3S/c1-26(37(44)41(30-18-7-3-8-19-30)31-20-9-4-10-21-31)45-32-22-13-17-29(25-32)39-36(43)34(24-28-16-11-12-23-33(28)38)40-35(42)27-14-5-2-6-15-27/h2-26H,1H3,(H,39,43)(H,40,42)/b34-24-. The number of rotatable bonds is 10. The lowest BCUT2D eigenvalue weighted by Gasteiger charge is -2.26. The van der Waals surface area contributed by atoms with E-state index >= 15 is 0 Å². The lowest BCUT2D eigenvalue weighted by atomic mass is 10.1. The van der Waals surface area contributed by atoms with Gasteiger partial charge in [-0.3, -0.25) is 19.3 Å². The highest BCUT2D eigenvalue weighted by atomic mass is 35.5. The van der Waals surface area contributed by atoms with Gasteiger partial charge in [0, 0.05) is 32.5 Å². The molecule has 0 saturated carbocycles. The second-order valence-corrected chi connectivity index (χ2v) is 11.8. The topological polar surface area (TPSA) is 78.5 Å². The molecule has 0 aliphatic heterocycles. The molecule has 224 valence electrons. The van der Waals surface area contributed by atoms with Crippen LogP contribution in [-0.2, 0) is 9.59 Å². The zero-order valence-electron chi connectivity index (χ0n) is 24.4. The monoisotopic (exact) mass is 631 g/mol. The Kier molecular flexibility index (Phi) is 10.5. The van der Waals surface area contributed by atoms with E-state index in [9.17, 15) is 14.4 Å². The molecule has 1 unspecified atom stereocenters. The Labute approximate surface area is 271 Å². The molecular weight excluding hydrogens is 602 g/mol. The number of hydrogen-bond acceptors (Lipinski definition) is 4. The van der Waals surface area contributed by atoms with Crippen LogP contribution in [0.1, 0.15) is 22.8 Å². The van der Waals surface area contributed by atoms with E-state index in [2.05, 4.69) is 10.6 Å². The van der Waals surface area contributed by atoms with Gasteiger partial charge in [0.05, 0.1) is 5.25 Å². The SMILES string of the molecule is CC(Sc1cccc(NC(=O)/C(=C/c2ccccc2Cl)NC(=O)c2ccccc2)c1)C(=O)N(c1ccccc1)c1ccccc1. The summed E-state index contributed by atoms with van der Waals surface area (Å²) < 4.78 is 0. The van der Waals surface area contributed by atoms with Gasteiger partial charge in [-0.15, -0.1) is 11.8 Å². The fourth-order valence-electron chi connectivity index (χ4n) is 4.53. The van der Waals surface area contributed by atoms with Gasteiger partial charge in [0.25, 0.3) is 11.8 Å². The van der Waals surface area contributed by atoms with Crippen LogP contribution in [0.3, 0.4) is 0 Å². The number of carbonyl (C=O) groups is 3. The minimum atomic E-state index is -0.523. The van der Waals surface area contributed by atoms with Crippen LogP contribution in [0.5, 0.6) is 0 Å². The summed E-state index contributed by atoms with van der Waals surface area (Å²) in [5.74, 6) is -1.03. The minimum Gasteiger partial charge on any atom is -0.321 e. The van der Waals surface area contributed by atoms with Gasteiger partial charge in [0.15, 0.2) is 0 Å². The number of thioether (sulfide) groups is 1. The lowest BCUT2D eigenvalue weighted by Crippen LogP contribution is -2.32. The molecule has 8 heteroatoms. The zero-order valence-corrected chi connectivity index (χ0v) is 26.0. The van der Waals surface area contributed by atoms with Crippen LogP contribution in [0, 0.1) is 0 Å². The van der Waals surface area contributed by atoms with E-state index in [1.165, 1.54) is 11.8 Å². The van der Waals surface area contributed by atoms with E-state index in [1.807, 2.05) is 79.7 Å². The van der Waals surface area contributed by atoms with Crippen LogP contribution in [0.25, 0.3) is 6.08 Å². The number of para-hydroxylation sites is 2. The molecule has 0 bridgehead atoms. The summed E-state index contributed by atoms with van der Waals surface area (Å²) in [6, 6.07) is 42.0. The Hall–Kier alpha value is -5.11. The number of halogens is 1. The molecule has 6 nitrogen and oxygen atoms in total. The number of anilines is 3. The predicted octanol–water partition coefficient (Wildman–Crippen LogP) is 8.60. The van der Waals surface area contributed by atoms with Crippen molar-refractivity contribution in [1.29, 1.82) is 0 Å². The molecule has 0 saturated heterocycles. The zero-order chi connectivity index (χ0) is 31.6. The Bertz CT molecular complexity index is 1780. The molecular formula is C37H30ClN3O3S. The van der Waals surface area contributed by atoms with Crippen LogP contribution in [0.4, 0.5) is 17.1 Å². The van der Waals surface area contributed by atoms with Gasteiger partial charge < -0.3 is 10.6 Å². The first-order valence-corrected chi connectivity index (χ1v) is 15.5. The largest absolute Gasteiger partial charge is 0.321 e. The van der Waals surface area contributed by atoms with Gasteiger partial charge in [-0.1, -0.05) is 90.5 Å². The summed E-state index contributed by atoms with van der Waals surface area (Å²) in [5, 5.41) is 5.60. The van der Waals surface area contributed by atoms with Crippen molar-refractivity contribution in [2.75, 3.05) is 10.2 Å². The van der Waals surface area contributed by atoms with Gasteiger partial charge in [-0.25, -0.2) is 0 Å². The number of carbonyl (C=O) groups excluding carboxylic acids is 3. The van der Waals surface area contributed by atoms with Crippen molar-refractivity contribution in [3.63, 3.8) is 0 Å². The third-order valence-electron chi connectivity index (χ3n) is 6.74. The fraction of sp³-hybridized carbons (Fsp3) is 0.0541. The van der Waals surface area contributed by atoms with Gasteiger partial charge in [0.2, 0.25) is 5.91 Å². The second kappa shape index (κ2) is 15.1. The molecule has 2 N–H and O–H groups in total. The number of hydrogen-bond donors (Lipinski definition) is 2. The smallest absolute Gasteiger partial charge is 0.272 e. The van der Waals surface area contributed by atoms with Crippen LogP contribution in [0.15, 0.2) is 150 Å². The normalized spacial score (nSPS) is 11.7. The third kappa shape index (κ3) is 8.29. The molecule has 0 fully saturated rings. The molecule has 0 aliphatic rings. The minimum absolute atomic E-state index is 0.0277. The molecule has 0 aliphatic carbocycles. The molecule has 0 aromatic heterocycles. The first-order valence-electron chi connectivity index (χ1n) is 14.2. The average molecular weight is 632 g/mol. The Morgan fingerprint density at radius 3 is 1.93 bits per heavy atom. The predicted molar refractivity (Wildman–Crippen MR) is 184 cm³/mol. The van der Waals surface area contributed by atoms with E-state index in [1.54, 1.807) is 77.7 Å². The highest BCUT2D eigenvalue weighted by molar-refractivity contribution is 8.00. The highest BCUT2D eigenvalue weighted by Crippen LogP contribution is 2.32. The van der Waals surface area contributed by atoms with Gasteiger partial charge >= 0.3 is 0 Å². The maximum atomic E-state index is 13.8. The van der Waals surface area contributed by atoms with E-state index in [0.717, 1.165) is 16.3 Å². The first-order chi connectivity index (χ1) is 21.9. The number of nitrogens with zero attached hydrogens (tertiary/aromatic N) is 1. The number of benzene rings is 5. The molecule has 1 atom stereocenters. The summed E-state index contributed by atoms with van der Waals surface area (Å²) in [7, 11) is 0. The summed E-state index contributed by atoms with van der Waals surface area (Å²) in [6.07, 6.45) is 1.54. The summed E-state index contributed by atoms with van der Waals surface area (Å²) in [4.78, 5) is 42.8. The fourth-order valence-corrected chi connectivity index (χ4v) is 5.69. The van der Waals surface area contributed by atoms with Crippen molar-refractivity contribution >= 4 is 64.2 Å². The Balaban J connectivity index is 1.35. The molecule has 0 radical (unpaired) electrons. The van der Waals surface area contributed by atoms with Crippen molar-refractivity contribution in [2.24, 2.45) is 0 Å². The van der Waals surface area contributed by atoms with Gasteiger partial charge in [0.1, 0.15) is 5.70 Å². The summed E-state index contributed by atoms with van der Waals surface area (Å²) in [6.45, 7) is 1.86. The molecule has 0 spiro atoms. The van der Waals surface area contributed by atoms with Crippen molar-refractivity contribution in [3.05, 3.63) is 161 Å². The van der Waals surface area contributed by atoms with Crippen LogP contribution < -0.4 is 15.5 Å². The second-order valence-electron chi connectivity index (χ2n) is 9.99. The maximum Gasteiger partial charge on any atom is 0.272 e. The molecule has 45 heavy (non-hydrogen) atoms. The Morgan fingerprint density at radius 2 is 1.31 bits per heavy atom. The van der Waals surface area contributed by atoms with Crippen LogP contribution >= 0.6 is 23.4 Å². The van der Waals surface area contributed by atoms with E-state index in [4.69, 9.17) is 11.6 Å².